The van der Waals surface area contributed by atoms with Gasteiger partial charge in [-0.1, -0.05) is 12.1 Å². The van der Waals surface area contributed by atoms with E-state index in [0.29, 0.717) is 6.54 Å². The van der Waals surface area contributed by atoms with Crippen molar-refractivity contribution in [2.45, 2.75) is 13.0 Å². The Morgan fingerprint density at radius 2 is 1.94 bits per heavy atom. The summed E-state index contributed by atoms with van der Waals surface area (Å²) in [6.45, 7) is 1.58. The minimum Gasteiger partial charge on any atom is -0.374 e. The van der Waals surface area contributed by atoms with Crippen molar-refractivity contribution >= 4 is 5.69 Å². The van der Waals surface area contributed by atoms with Gasteiger partial charge in [-0.25, -0.2) is 0 Å². The summed E-state index contributed by atoms with van der Waals surface area (Å²) in [6.07, 6.45) is 4.99. The molecule has 2 rings (SSSR count). The normalized spacial score (nSPS) is 10.6. The maximum absolute atomic E-state index is 5.59. The molecule has 0 amide bonds. The molecule has 0 aliphatic rings. The standard InChI is InChI=1S/C14H20N4/c1-17(8-7-13-10-16-18(2)11-13)14-5-3-12(9-15)4-6-14/h3-6,10-11H,7-9,15H2,1-2H3. The molecule has 0 radical (unpaired) electrons. The van der Waals surface area contributed by atoms with Crippen molar-refractivity contribution in [1.29, 1.82) is 0 Å². The Balaban J connectivity index is 1.92. The van der Waals surface area contributed by atoms with Crippen LogP contribution >= 0.6 is 0 Å². The molecule has 0 unspecified atom stereocenters. The first-order chi connectivity index (χ1) is 8.69. The van der Waals surface area contributed by atoms with E-state index in [-0.39, 0.29) is 0 Å². The maximum Gasteiger partial charge on any atom is 0.0522 e. The number of anilines is 1. The van der Waals surface area contributed by atoms with E-state index in [1.54, 1.807) is 0 Å². The van der Waals surface area contributed by atoms with Crippen LogP contribution in [0.2, 0.25) is 0 Å². The molecule has 0 bridgehead atoms. The Hall–Kier alpha value is -1.81. The second kappa shape index (κ2) is 5.69. The zero-order valence-corrected chi connectivity index (χ0v) is 11.0. The first kappa shape index (κ1) is 12.6. The second-order valence-corrected chi connectivity index (χ2v) is 4.56. The third kappa shape index (κ3) is 3.11. The maximum atomic E-state index is 5.59. The molecular formula is C14H20N4. The van der Waals surface area contributed by atoms with Gasteiger partial charge in [0.05, 0.1) is 6.20 Å². The van der Waals surface area contributed by atoms with Crippen LogP contribution in [0.25, 0.3) is 0 Å². The number of rotatable bonds is 5. The molecule has 96 valence electrons. The van der Waals surface area contributed by atoms with E-state index in [1.165, 1.54) is 16.8 Å². The van der Waals surface area contributed by atoms with Crippen LogP contribution in [0.4, 0.5) is 5.69 Å². The average molecular weight is 244 g/mol. The van der Waals surface area contributed by atoms with Gasteiger partial charge in [0.25, 0.3) is 0 Å². The van der Waals surface area contributed by atoms with Gasteiger partial charge in [-0.3, -0.25) is 4.68 Å². The monoisotopic (exact) mass is 244 g/mol. The van der Waals surface area contributed by atoms with Crippen LogP contribution in [-0.4, -0.2) is 23.4 Å². The molecule has 2 N–H and O–H groups in total. The Labute approximate surface area is 108 Å². The van der Waals surface area contributed by atoms with Crippen molar-refractivity contribution in [3.05, 3.63) is 47.8 Å². The first-order valence-electron chi connectivity index (χ1n) is 6.16. The third-order valence-corrected chi connectivity index (χ3v) is 3.11. The Bertz CT molecular complexity index is 487. The molecule has 0 atom stereocenters. The lowest BCUT2D eigenvalue weighted by molar-refractivity contribution is 0.766. The van der Waals surface area contributed by atoms with Crippen LogP contribution in [0.15, 0.2) is 36.7 Å². The van der Waals surface area contributed by atoms with Crippen LogP contribution in [-0.2, 0) is 20.0 Å². The second-order valence-electron chi connectivity index (χ2n) is 4.56. The van der Waals surface area contributed by atoms with Crippen LogP contribution < -0.4 is 10.6 Å². The fourth-order valence-electron chi connectivity index (χ4n) is 1.91. The first-order valence-corrected chi connectivity index (χ1v) is 6.16. The largest absolute Gasteiger partial charge is 0.374 e. The van der Waals surface area contributed by atoms with E-state index in [0.717, 1.165) is 13.0 Å². The summed E-state index contributed by atoms with van der Waals surface area (Å²) in [7, 11) is 4.05. The SMILES string of the molecule is CN(CCc1cnn(C)c1)c1ccc(CN)cc1. The minimum atomic E-state index is 0.597. The molecule has 1 heterocycles. The molecule has 0 aliphatic heterocycles. The van der Waals surface area contributed by atoms with Gasteiger partial charge in [0.2, 0.25) is 0 Å². The number of hydrogen-bond acceptors (Lipinski definition) is 3. The molecule has 0 fully saturated rings. The number of aromatic nitrogens is 2. The lowest BCUT2D eigenvalue weighted by Crippen LogP contribution is -2.20. The number of nitrogens with zero attached hydrogens (tertiary/aromatic N) is 3. The molecule has 4 heteroatoms. The molecule has 0 saturated heterocycles. The quantitative estimate of drug-likeness (QED) is 0.868. The fraction of sp³-hybridized carbons (Fsp3) is 0.357. The summed E-state index contributed by atoms with van der Waals surface area (Å²) in [5, 5.41) is 4.17. The molecule has 4 nitrogen and oxygen atoms in total. The van der Waals surface area contributed by atoms with Gasteiger partial charge in [0, 0.05) is 39.1 Å². The van der Waals surface area contributed by atoms with Gasteiger partial charge in [0.15, 0.2) is 0 Å². The molecule has 2 aromatic rings. The van der Waals surface area contributed by atoms with Gasteiger partial charge in [-0.05, 0) is 29.7 Å². The van der Waals surface area contributed by atoms with Crippen LogP contribution in [0, 0.1) is 0 Å². The van der Waals surface area contributed by atoms with Gasteiger partial charge in [0.1, 0.15) is 0 Å². The lowest BCUT2D eigenvalue weighted by Gasteiger charge is -2.19. The van der Waals surface area contributed by atoms with Crippen molar-refractivity contribution in [2.24, 2.45) is 12.8 Å². The van der Waals surface area contributed by atoms with Gasteiger partial charge in [-0.2, -0.15) is 5.10 Å². The zero-order chi connectivity index (χ0) is 13.0. The van der Waals surface area contributed by atoms with Gasteiger partial charge in [-0.15, -0.1) is 0 Å². The highest BCUT2D eigenvalue weighted by Gasteiger charge is 2.02. The van der Waals surface area contributed by atoms with Crippen LogP contribution in [0.1, 0.15) is 11.1 Å². The molecule has 1 aromatic carbocycles. The van der Waals surface area contributed by atoms with E-state index in [9.17, 15) is 0 Å². The molecular weight excluding hydrogens is 224 g/mol. The number of benzene rings is 1. The minimum absolute atomic E-state index is 0.597. The molecule has 0 saturated carbocycles. The molecule has 18 heavy (non-hydrogen) atoms. The lowest BCUT2D eigenvalue weighted by atomic mass is 10.2. The summed E-state index contributed by atoms with van der Waals surface area (Å²) in [4.78, 5) is 2.24. The van der Waals surface area contributed by atoms with Crippen molar-refractivity contribution in [2.75, 3.05) is 18.5 Å². The summed E-state index contributed by atoms with van der Waals surface area (Å²) in [5.74, 6) is 0. The van der Waals surface area contributed by atoms with Crippen LogP contribution in [0.5, 0.6) is 0 Å². The molecule has 0 spiro atoms. The van der Waals surface area contributed by atoms with Gasteiger partial charge >= 0.3 is 0 Å². The molecule has 1 aromatic heterocycles. The van der Waals surface area contributed by atoms with Crippen molar-refractivity contribution in [1.82, 2.24) is 9.78 Å². The fourth-order valence-corrected chi connectivity index (χ4v) is 1.91. The van der Waals surface area contributed by atoms with E-state index in [4.69, 9.17) is 5.73 Å². The highest BCUT2D eigenvalue weighted by Crippen LogP contribution is 2.14. The number of likely N-dealkylation sites (N-methyl/N-ethyl adjacent to an activating group) is 1. The topological polar surface area (TPSA) is 47.1 Å². The number of hydrogen-bond donors (Lipinski definition) is 1. The highest BCUT2D eigenvalue weighted by molar-refractivity contribution is 5.46. The Morgan fingerprint density at radius 3 is 2.50 bits per heavy atom. The van der Waals surface area contributed by atoms with E-state index in [1.807, 2.05) is 17.9 Å². The van der Waals surface area contributed by atoms with E-state index >= 15 is 0 Å². The Morgan fingerprint density at radius 1 is 1.22 bits per heavy atom. The highest BCUT2D eigenvalue weighted by atomic mass is 15.2. The van der Waals surface area contributed by atoms with Crippen molar-refractivity contribution in [3.8, 4) is 0 Å². The van der Waals surface area contributed by atoms with Crippen molar-refractivity contribution < 1.29 is 0 Å². The Kier molecular flexibility index (Phi) is 3.99. The van der Waals surface area contributed by atoms with Gasteiger partial charge < -0.3 is 10.6 Å². The summed E-state index contributed by atoms with van der Waals surface area (Å²) in [5.41, 5.74) is 9.24. The van der Waals surface area contributed by atoms with E-state index < -0.39 is 0 Å². The summed E-state index contributed by atoms with van der Waals surface area (Å²) >= 11 is 0. The third-order valence-electron chi connectivity index (χ3n) is 3.11. The summed E-state index contributed by atoms with van der Waals surface area (Å²) < 4.78 is 1.84. The number of aryl methyl sites for hydroxylation is 1. The number of nitrogens with two attached hydrogens (primary N) is 1. The van der Waals surface area contributed by atoms with Crippen molar-refractivity contribution in [3.63, 3.8) is 0 Å². The zero-order valence-electron chi connectivity index (χ0n) is 11.0. The summed E-state index contributed by atoms with van der Waals surface area (Å²) in [6, 6.07) is 8.39. The smallest absolute Gasteiger partial charge is 0.0522 e. The average Bonchev–Trinajstić information content (AvgIpc) is 2.82. The van der Waals surface area contributed by atoms with E-state index in [2.05, 4.69) is 47.5 Å². The molecule has 0 aliphatic carbocycles. The predicted molar refractivity (Wildman–Crippen MR) is 74.5 cm³/mol. The predicted octanol–water partition coefficient (Wildman–Crippen LogP) is 1.56. The van der Waals surface area contributed by atoms with Crippen LogP contribution in [0.3, 0.4) is 0 Å².